The van der Waals surface area contributed by atoms with Crippen LogP contribution in [-0.2, 0) is 19.1 Å². The van der Waals surface area contributed by atoms with Crippen LogP contribution in [0.1, 0.15) is 6.42 Å². The van der Waals surface area contributed by atoms with Crippen molar-refractivity contribution < 1.29 is 23.9 Å². The van der Waals surface area contributed by atoms with E-state index >= 15 is 0 Å². The zero-order chi connectivity index (χ0) is 14.0. The van der Waals surface area contributed by atoms with Gasteiger partial charge >= 0.3 is 18.0 Å². The van der Waals surface area contributed by atoms with Gasteiger partial charge in [-0.05, 0) is 6.42 Å². The molecule has 0 saturated carbocycles. The lowest BCUT2D eigenvalue weighted by atomic mass is 10.4. The third-order valence-corrected chi connectivity index (χ3v) is 2.00. The first-order valence-electron chi connectivity index (χ1n) is 5.37. The summed E-state index contributed by atoms with van der Waals surface area (Å²) in [5.74, 6) is -1.24. The van der Waals surface area contributed by atoms with Gasteiger partial charge < -0.3 is 19.7 Å². The van der Waals surface area contributed by atoms with E-state index in [2.05, 4.69) is 10.1 Å². The average Bonchev–Trinajstić information content (AvgIpc) is 2.39. The van der Waals surface area contributed by atoms with Crippen LogP contribution in [0.3, 0.4) is 0 Å². The molecular formula is C11H18N2O5. The van der Waals surface area contributed by atoms with Crippen molar-refractivity contribution in [3.8, 4) is 0 Å². The van der Waals surface area contributed by atoms with Gasteiger partial charge in [0.05, 0.1) is 13.7 Å². The lowest BCUT2D eigenvalue weighted by Gasteiger charge is -2.15. The number of ether oxygens (including phenoxy) is 2. The molecule has 18 heavy (non-hydrogen) atoms. The van der Waals surface area contributed by atoms with E-state index in [1.807, 2.05) is 0 Å². The van der Waals surface area contributed by atoms with Crippen LogP contribution in [0.25, 0.3) is 0 Å². The van der Waals surface area contributed by atoms with Gasteiger partial charge in [0, 0.05) is 32.8 Å². The molecule has 0 fully saturated rings. The van der Waals surface area contributed by atoms with Crippen molar-refractivity contribution >= 4 is 18.0 Å². The smallest absolute Gasteiger partial charge is 0.331 e. The molecule has 2 amide bonds. The Bertz CT molecular complexity index is 327. The minimum atomic E-state index is -0.622. The Morgan fingerprint density at radius 3 is 2.39 bits per heavy atom. The van der Waals surface area contributed by atoms with Gasteiger partial charge in [-0.1, -0.05) is 0 Å². The number of urea groups is 1. The van der Waals surface area contributed by atoms with E-state index in [9.17, 15) is 14.4 Å². The number of rotatable bonds is 6. The van der Waals surface area contributed by atoms with Crippen molar-refractivity contribution in [1.29, 1.82) is 0 Å². The van der Waals surface area contributed by atoms with Crippen molar-refractivity contribution in [1.82, 2.24) is 10.2 Å². The number of nitrogens with one attached hydrogen (secondary N) is 1. The third kappa shape index (κ3) is 7.26. The lowest BCUT2D eigenvalue weighted by Crippen LogP contribution is -2.35. The quantitative estimate of drug-likeness (QED) is 0.409. The molecule has 0 rings (SSSR count). The maximum absolute atomic E-state index is 11.1. The lowest BCUT2D eigenvalue weighted by molar-refractivity contribution is -0.139. The number of nitrogens with zero attached hydrogens (tertiary/aromatic N) is 1. The van der Waals surface area contributed by atoms with Gasteiger partial charge in [-0.3, -0.25) is 0 Å². The van der Waals surface area contributed by atoms with Gasteiger partial charge in [0.15, 0.2) is 0 Å². The molecule has 0 aromatic carbocycles. The van der Waals surface area contributed by atoms with Crippen molar-refractivity contribution in [3.63, 3.8) is 0 Å². The summed E-state index contributed by atoms with van der Waals surface area (Å²) < 4.78 is 9.12. The van der Waals surface area contributed by atoms with Gasteiger partial charge in [0.25, 0.3) is 0 Å². The molecule has 0 atom stereocenters. The SMILES string of the molecule is CNC(=O)N(C)CCCOC(=O)/C=C/C(=O)OC. The standard InChI is InChI=1S/C11H18N2O5/c1-12-11(16)13(2)7-4-8-18-10(15)6-5-9(14)17-3/h5-6H,4,7-8H2,1-3H3,(H,12,16)/b6-5+. The predicted octanol–water partition coefficient (Wildman–Crippen LogP) is -0.0799. The molecule has 0 aliphatic rings. The number of methoxy groups -OCH3 is 1. The number of hydrogen-bond donors (Lipinski definition) is 1. The van der Waals surface area contributed by atoms with E-state index in [1.165, 1.54) is 19.1 Å². The van der Waals surface area contributed by atoms with Crippen LogP contribution in [0.2, 0.25) is 0 Å². The number of carbonyl (C=O) groups excluding carboxylic acids is 3. The first kappa shape index (κ1) is 16.0. The normalized spacial score (nSPS) is 9.94. The van der Waals surface area contributed by atoms with E-state index in [4.69, 9.17) is 4.74 Å². The molecule has 0 aromatic heterocycles. The fourth-order valence-corrected chi connectivity index (χ4v) is 1.02. The fourth-order valence-electron chi connectivity index (χ4n) is 1.02. The Morgan fingerprint density at radius 2 is 1.83 bits per heavy atom. The fraction of sp³-hybridized carbons (Fsp3) is 0.545. The Morgan fingerprint density at radius 1 is 1.22 bits per heavy atom. The maximum Gasteiger partial charge on any atom is 0.331 e. The van der Waals surface area contributed by atoms with Gasteiger partial charge in [0.2, 0.25) is 0 Å². The Hall–Kier alpha value is -2.05. The molecule has 0 aliphatic heterocycles. The Balaban J connectivity index is 3.72. The highest BCUT2D eigenvalue weighted by Gasteiger charge is 2.05. The van der Waals surface area contributed by atoms with Crippen LogP contribution in [0.4, 0.5) is 4.79 Å². The van der Waals surface area contributed by atoms with E-state index in [0.717, 1.165) is 12.2 Å². The summed E-state index contributed by atoms with van der Waals surface area (Å²) in [4.78, 5) is 34.3. The highest BCUT2D eigenvalue weighted by Crippen LogP contribution is 1.91. The van der Waals surface area contributed by atoms with E-state index in [1.54, 1.807) is 7.05 Å². The van der Waals surface area contributed by atoms with E-state index < -0.39 is 11.9 Å². The summed E-state index contributed by atoms with van der Waals surface area (Å²) in [6.45, 7) is 0.638. The zero-order valence-electron chi connectivity index (χ0n) is 10.8. The zero-order valence-corrected chi connectivity index (χ0v) is 10.8. The van der Waals surface area contributed by atoms with Gasteiger partial charge in [-0.15, -0.1) is 0 Å². The van der Waals surface area contributed by atoms with Crippen molar-refractivity contribution in [3.05, 3.63) is 12.2 Å². The van der Waals surface area contributed by atoms with E-state index in [-0.39, 0.29) is 12.6 Å². The van der Waals surface area contributed by atoms with Crippen LogP contribution in [-0.4, -0.2) is 57.2 Å². The Kier molecular flexibility index (Phi) is 8.00. The molecule has 7 nitrogen and oxygen atoms in total. The molecule has 0 unspecified atom stereocenters. The van der Waals surface area contributed by atoms with Gasteiger partial charge in [0.1, 0.15) is 0 Å². The minimum absolute atomic E-state index is 0.172. The highest BCUT2D eigenvalue weighted by atomic mass is 16.5. The van der Waals surface area contributed by atoms with Gasteiger partial charge in [-0.25, -0.2) is 14.4 Å². The molecule has 0 saturated heterocycles. The number of hydrogen-bond acceptors (Lipinski definition) is 5. The Labute approximate surface area is 106 Å². The topological polar surface area (TPSA) is 84.9 Å². The number of esters is 2. The van der Waals surface area contributed by atoms with Crippen molar-refractivity contribution in [2.75, 3.05) is 34.4 Å². The maximum atomic E-state index is 11.1. The third-order valence-electron chi connectivity index (χ3n) is 2.00. The van der Waals surface area contributed by atoms with Gasteiger partial charge in [-0.2, -0.15) is 0 Å². The van der Waals surface area contributed by atoms with Crippen LogP contribution in [0.5, 0.6) is 0 Å². The average molecular weight is 258 g/mol. The number of carbonyl (C=O) groups is 3. The first-order valence-corrected chi connectivity index (χ1v) is 5.37. The second-order valence-corrected chi connectivity index (χ2v) is 3.35. The van der Waals surface area contributed by atoms with Crippen LogP contribution < -0.4 is 5.32 Å². The summed E-state index contributed by atoms with van der Waals surface area (Å²) in [5, 5.41) is 2.47. The molecule has 0 aromatic rings. The number of amides is 2. The van der Waals surface area contributed by atoms with Crippen molar-refractivity contribution in [2.24, 2.45) is 0 Å². The first-order chi connectivity index (χ1) is 8.51. The summed E-state index contributed by atoms with van der Waals surface area (Å²) in [6.07, 6.45) is 2.50. The second-order valence-electron chi connectivity index (χ2n) is 3.35. The van der Waals surface area contributed by atoms with Crippen LogP contribution in [0.15, 0.2) is 12.2 Å². The molecule has 0 radical (unpaired) electrons. The predicted molar refractivity (Wildman–Crippen MR) is 63.8 cm³/mol. The minimum Gasteiger partial charge on any atom is -0.466 e. The molecule has 0 spiro atoms. The van der Waals surface area contributed by atoms with Crippen molar-refractivity contribution in [2.45, 2.75) is 6.42 Å². The summed E-state index contributed by atoms with van der Waals surface area (Å²) in [6, 6.07) is -0.202. The molecule has 0 heterocycles. The molecule has 1 N–H and O–H groups in total. The monoisotopic (exact) mass is 258 g/mol. The molecular weight excluding hydrogens is 240 g/mol. The van der Waals surface area contributed by atoms with E-state index in [0.29, 0.717) is 13.0 Å². The molecule has 102 valence electrons. The summed E-state index contributed by atoms with van der Waals surface area (Å²) >= 11 is 0. The van der Waals surface area contributed by atoms with Crippen LogP contribution >= 0.6 is 0 Å². The highest BCUT2D eigenvalue weighted by molar-refractivity contribution is 5.91. The second kappa shape index (κ2) is 9.03. The molecule has 0 aliphatic carbocycles. The largest absolute Gasteiger partial charge is 0.466 e. The summed E-state index contributed by atoms with van der Waals surface area (Å²) in [5.41, 5.74) is 0. The molecule has 7 heteroatoms. The molecule has 0 bridgehead atoms. The van der Waals surface area contributed by atoms with Crippen LogP contribution in [0, 0.1) is 0 Å². The summed E-state index contributed by atoms with van der Waals surface area (Å²) in [7, 11) is 4.39.